The summed E-state index contributed by atoms with van der Waals surface area (Å²) in [6.07, 6.45) is 4.40. The van der Waals surface area contributed by atoms with Gasteiger partial charge in [0.2, 0.25) is 5.91 Å². The van der Waals surface area contributed by atoms with Gasteiger partial charge in [0.25, 0.3) is 0 Å². The summed E-state index contributed by atoms with van der Waals surface area (Å²) in [6.45, 7) is 0. The molecule has 3 fully saturated rings. The van der Waals surface area contributed by atoms with Crippen LogP contribution in [0, 0.1) is 34.4 Å². The second kappa shape index (κ2) is 8.65. The summed E-state index contributed by atoms with van der Waals surface area (Å²) >= 11 is 0. The normalized spacial score (nSPS) is 23.2. The van der Waals surface area contributed by atoms with Gasteiger partial charge >= 0.3 is 0 Å². The number of carbonyl (C=O) groups excluding carboxylic acids is 1. The van der Waals surface area contributed by atoms with Gasteiger partial charge in [0.15, 0.2) is 0 Å². The maximum atomic E-state index is 14.7. The monoisotopic (exact) mass is 402 g/mol. The lowest BCUT2D eigenvalue weighted by Crippen LogP contribution is -2.59. The third-order valence-electron chi connectivity index (χ3n) is 6.24. The molecule has 3 aliphatic rings. The highest BCUT2D eigenvalue weighted by atomic mass is 19.1. The van der Waals surface area contributed by atoms with E-state index in [1.54, 1.807) is 36.4 Å². The van der Waals surface area contributed by atoms with Crippen LogP contribution in [0.25, 0.3) is 11.1 Å². The van der Waals surface area contributed by atoms with E-state index in [-0.39, 0.29) is 18.4 Å². The molecular formula is C24H23FN4O. The number of nitrogens with one attached hydrogen (secondary N) is 2. The smallest absolute Gasteiger partial charge is 0.238 e. The first kappa shape index (κ1) is 20.1. The summed E-state index contributed by atoms with van der Waals surface area (Å²) < 4.78 is 14.7. The number of nitrogens with zero attached hydrogens (tertiary/aromatic N) is 2. The number of hydrogen-bond acceptors (Lipinski definition) is 4. The highest BCUT2D eigenvalue weighted by Crippen LogP contribution is 2.33. The van der Waals surface area contributed by atoms with E-state index in [0.717, 1.165) is 31.2 Å². The SMILES string of the molecule is N#Cc1ccc(-c2ccc(C[C@@H](C#N)NC(=O)[C@H]3NC4CCC3CC4)c(F)c2)cc1. The van der Waals surface area contributed by atoms with Gasteiger partial charge in [-0.1, -0.05) is 24.3 Å². The molecule has 1 amide bonds. The van der Waals surface area contributed by atoms with E-state index in [1.807, 2.05) is 0 Å². The standard InChI is InChI=1S/C24H23FN4O/c25-22-12-18(16-3-1-15(13-26)2-4-16)5-6-19(22)11-21(14-27)29-24(30)23-17-7-9-20(28-23)10-8-17/h1-6,12,17,20-21,23,28H,7-11H2,(H,29,30)/t17?,20?,21-,23-/m0/s1. The van der Waals surface area contributed by atoms with Crippen molar-refractivity contribution in [3.8, 4) is 23.3 Å². The highest BCUT2D eigenvalue weighted by molar-refractivity contribution is 5.83. The van der Waals surface area contributed by atoms with Crippen molar-refractivity contribution in [1.29, 1.82) is 10.5 Å². The highest BCUT2D eigenvalue weighted by Gasteiger charge is 2.39. The second-order valence-electron chi connectivity index (χ2n) is 8.15. The fourth-order valence-corrected chi connectivity index (χ4v) is 4.54. The average Bonchev–Trinajstić information content (AvgIpc) is 2.80. The minimum atomic E-state index is -0.782. The van der Waals surface area contributed by atoms with Gasteiger partial charge in [0, 0.05) is 12.5 Å². The van der Waals surface area contributed by atoms with Crippen LogP contribution in [0.5, 0.6) is 0 Å². The maximum Gasteiger partial charge on any atom is 0.238 e. The average molecular weight is 402 g/mol. The van der Waals surface area contributed by atoms with Crippen molar-refractivity contribution in [2.24, 2.45) is 5.92 Å². The molecule has 30 heavy (non-hydrogen) atoms. The Morgan fingerprint density at radius 2 is 1.80 bits per heavy atom. The molecule has 5 nitrogen and oxygen atoms in total. The van der Waals surface area contributed by atoms with Gasteiger partial charge in [-0.3, -0.25) is 4.79 Å². The number of piperidine rings is 2. The van der Waals surface area contributed by atoms with E-state index in [4.69, 9.17) is 5.26 Å². The molecule has 152 valence electrons. The van der Waals surface area contributed by atoms with Crippen molar-refractivity contribution in [3.05, 3.63) is 59.4 Å². The predicted molar refractivity (Wildman–Crippen MR) is 110 cm³/mol. The first-order chi connectivity index (χ1) is 14.6. The number of carbonyl (C=O) groups is 1. The summed E-state index contributed by atoms with van der Waals surface area (Å²) in [7, 11) is 0. The third kappa shape index (κ3) is 4.20. The van der Waals surface area contributed by atoms with Crippen molar-refractivity contribution in [1.82, 2.24) is 10.6 Å². The molecular weight excluding hydrogens is 379 g/mol. The first-order valence-corrected chi connectivity index (χ1v) is 10.3. The van der Waals surface area contributed by atoms with Gasteiger partial charge in [0.05, 0.1) is 23.7 Å². The van der Waals surface area contributed by atoms with Crippen molar-refractivity contribution in [2.75, 3.05) is 0 Å². The lowest BCUT2D eigenvalue weighted by molar-refractivity contribution is -0.127. The number of halogens is 1. The topological polar surface area (TPSA) is 88.7 Å². The predicted octanol–water partition coefficient (Wildman–Crippen LogP) is 3.45. The third-order valence-corrected chi connectivity index (χ3v) is 6.24. The number of amides is 1. The van der Waals surface area contributed by atoms with Crippen LogP contribution in [-0.2, 0) is 11.2 Å². The lowest BCUT2D eigenvalue weighted by Gasteiger charge is -2.42. The zero-order chi connectivity index (χ0) is 21.1. The lowest BCUT2D eigenvalue weighted by atomic mass is 9.76. The Bertz CT molecular complexity index is 1010. The van der Waals surface area contributed by atoms with Gasteiger partial charge in [-0.25, -0.2) is 4.39 Å². The fraction of sp³-hybridized carbons (Fsp3) is 0.375. The van der Waals surface area contributed by atoms with Crippen LogP contribution in [0.2, 0.25) is 0 Å². The van der Waals surface area contributed by atoms with E-state index < -0.39 is 11.9 Å². The maximum absolute atomic E-state index is 14.7. The van der Waals surface area contributed by atoms with Crippen molar-refractivity contribution in [3.63, 3.8) is 0 Å². The van der Waals surface area contributed by atoms with Gasteiger partial charge in [-0.05, 0) is 66.5 Å². The van der Waals surface area contributed by atoms with E-state index in [9.17, 15) is 14.4 Å². The van der Waals surface area contributed by atoms with Crippen LogP contribution in [0.15, 0.2) is 42.5 Å². The first-order valence-electron chi connectivity index (χ1n) is 10.3. The van der Waals surface area contributed by atoms with E-state index in [2.05, 4.69) is 22.8 Å². The van der Waals surface area contributed by atoms with E-state index in [0.29, 0.717) is 28.7 Å². The van der Waals surface area contributed by atoms with Crippen LogP contribution >= 0.6 is 0 Å². The molecule has 0 unspecified atom stereocenters. The molecule has 1 saturated carbocycles. The molecule has 6 heteroatoms. The second-order valence-corrected chi connectivity index (χ2v) is 8.15. The number of hydrogen-bond donors (Lipinski definition) is 2. The van der Waals surface area contributed by atoms with E-state index in [1.165, 1.54) is 6.07 Å². The zero-order valence-corrected chi connectivity index (χ0v) is 16.6. The molecule has 2 saturated heterocycles. The molecule has 0 radical (unpaired) electrons. The molecule has 2 atom stereocenters. The summed E-state index contributed by atoms with van der Waals surface area (Å²) in [5.41, 5.74) is 2.44. The largest absolute Gasteiger partial charge is 0.339 e. The number of rotatable bonds is 5. The quantitative estimate of drug-likeness (QED) is 0.802. The molecule has 2 bridgehead atoms. The van der Waals surface area contributed by atoms with Gasteiger partial charge in [0.1, 0.15) is 11.9 Å². The van der Waals surface area contributed by atoms with Gasteiger partial charge < -0.3 is 10.6 Å². The summed E-state index contributed by atoms with van der Waals surface area (Å²) in [5.74, 6) is -0.260. The summed E-state index contributed by atoms with van der Waals surface area (Å²) in [6, 6.07) is 15.3. The molecule has 1 aliphatic carbocycles. The van der Waals surface area contributed by atoms with Crippen molar-refractivity contribution in [2.45, 2.75) is 50.2 Å². The number of nitriles is 2. The molecule has 2 aliphatic heterocycles. The Morgan fingerprint density at radius 3 is 2.37 bits per heavy atom. The van der Waals surface area contributed by atoms with Crippen LogP contribution in [0.1, 0.15) is 36.8 Å². The Morgan fingerprint density at radius 1 is 1.10 bits per heavy atom. The van der Waals surface area contributed by atoms with Crippen molar-refractivity contribution >= 4 is 5.91 Å². The molecule has 0 spiro atoms. The molecule has 2 aromatic carbocycles. The Hall–Kier alpha value is -3.22. The summed E-state index contributed by atoms with van der Waals surface area (Å²) in [5, 5.41) is 24.6. The minimum Gasteiger partial charge on any atom is -0.339 e. The molecule has 5 rings (SSSR count). The number of fused-ring (bicyclic) bond motifs is 3. The molecule has 2 N–H and O–H groups in total. The van der Waals surface area contributed by atoms with Gasteiger partial charge in [-0.2, -0.15) is 10.5 Å². The van der Waals surface area contributed by atoms with Crippen LogP contribution in [0.4, 0.5) is 4.39 Å². The summed E-state index contributed by atoms with van der Waals surface area (Å²) in [4.78, 5) is 12.7. The van der Waals surface area contributed by atoms with E-state index >= 15 is 0 Å². The van der Waals surface area contributed by atoms with Crippen LogP contribution in [0.3, 0.4) is 0 Å². The van der Waals surface area contributed by atoms with Crippen LogP contribution < -0.4 is 10.6 Å². The molecule has 2 heterocycles. The fourth-order valence-electron chi connectivity index (χ4n) is 4.54. The van der Waals surface area contributed by atoms with Crippen LogP contribution in [-0.4, -0.2) is 24.0 Å². The minimum absolute atomic E-state index is 0.114. The molecule has 2 aromatic rings. The van der Waals surface area contributed by atoms with Crippen molar-refractivity contribution < 1.29 is 9.18 Å². The Balaban J connectivity index is 1.42. The number of benzene rings is 2. The zero-order valence-electron chi connectivity index (χ0n) is 16.6. The van der Waals surface area contributed by atoms with Gasteiger partial charge in [-0.15, -0.1) is 0 Å². The Kier molecular flexibility index (Phi) is 5.79. The molecule has 0 aromatic heterocycles. The Labute approximate surface area is 175 Å².